The largest absolute Gasteiger partial charge is 0.454 e. The second-order valence-electron chi connectivity index (χ2n) is 9.51. The molecule has 5 rings (SSSR count). The van der Waals surface area contributed by atoms with Crippen LogP contribution in [0.1, 0.15) is 61.7 Å². The minimum absolute atomic E-state index is 0.219. The third kappa shape index (κ3) is 5.33. The summed E-state index contributed by atoms with van der Waals surface area (Å²) in [6, 6.07) is 30.0. The molecular formula is C32H26Br2O4. The summed E-state index contributed by atoms with van der Waals surface area (Å²) in [5, 5.41) is 0. The molecule has 4 atom stereocenters. The van der Waals surface area contributed by atoms with E-state index in [9.17, 15) is 9.59 Å². The van der Waals surface area contributed by atoms with Crippen molar-refractivity contribution in [1.29, 1.82) is 0 Å². The fourth-order valence-electron chi connectivity index (χ4n) is 5.18. The summed E-state index contributed by atoms with van der Waals surface area (Å²) < 4.78 is 14.4. The van der Waals surface area contributed by atoms with Gasteiger partial charge in [0.2, 0.25) is 0 Å². The maximum absolute atomic E-state index is 13.4. The molecule has 0 bridgehead atoms. The zero-order valence-corrected chi connectivity index (χ0v) is 24.1. The zero-order valence-electron chi connectivity index (χ0n) is 20.9. The highest BCUT2D eigenvalue weighted by Gasteiger charge is 2.47. The van der Waals surface area contributed by atoms with E-state index in [2.05, 4.69) is 50.1 Å². The van der Waals surface area contributed by atoms with Gasteiger partial charge in [-0.1, -0.05) is 87.3 Å². The predicted octanol–water partition coefficient (Wildman–Crippen LogP) is 8.22. The number of carbonyl (C=O) groups is 2. The number of carbonyl (C=O) groups excluding carboxylic acids is 2. The van der Waals surface area contributed by atoms with Gasteiger partial charge in [0.05, 0.1) is 17.0 Å². The van der Waals surface area contributed by atoms with E-state index in [1.807, 2.05) is 44.2 Å². The van der Waals surface area contributed by atoms with Gasteiger partial charge < -0.3 is 9.47 Å². The molecule has 4 nitrogen and oxygen atoms in total. The molecule has 4 aromatic rings. The summed E-state index contributed by atoms with van der Waals surface area (Å²) in [5.41, 5.74) is 5.02. The Morgan fingerprint density at radius 2 is 1.13 bits per heavy atom. The third-order valence-corrected chi connectivity index (χ3v) is 8.09. The Balaban J connectivity index is 1.66. The third-order valence-electron chi connectivity index (χ3n) is 7.10. The van der Waals surface area contributed by atoms with Crippen LogP contribution < -0.4 is 0 Å². The second-order valence-corrected chi connectivity index (χ2v) is 11.3. The summed E-state index contributed by atoms with van der Waals surface area (Å²) in [6.07, 6.45) is -1.48. The minimum atomic E-state index is -0.764. The van der Waals surface area contributed by atoms with Gasteiger partial charge in [0.15, 0.2) is 6.10 Å². The molecule has 0 N–H and O–H groups in total. The number of halogens is 2. The molecule has 0 heterocycles. The number of aryl methyl sites for hydroxylation is 1. The van der Waals surface area contributed by atoms with E-state index in [1.54, 1.807) is 48.5 Å². The molecule has 38 heavy (non-hydrogen) atoms. The van der Waals surface area contributed by atoms with Crippen molar-refractivity contribution in [3.05, 3.63) is 139 Å². The van der Waals surface area contributed by atoms with Crippen LogP contribution in [0.4, 0.5) is 0 Å². The van der Waals surface area contributed by atoms with Gasteiger partial charge in [-0.25, -0.2) is 9.59 Å². The standard InChI is InChI=1S/C32H26Br2O4/c1-19-13-14-23(33)17-26(19)28-27-18-24(34)15-16-25(27)20(2)29(37-31(35)21-9-5-3-6-10-21)30(28)38-32(36)22-11-7-4-8-12-22/h3-18,20,28-30H,1-2H3. The van der Waals surface area contributed by atoms with E-state index in [-0.39, 0.29) is 11.8 Å². The fraction of sp³-hybridized carbons (Fsp3) is 0.188. The lowest BCUT2D eigenvalue weighted by Crippen LogP contribution is -2.46. The smallest absolute Gasteiger partial charge is 0.338 e. The van der Waals surface area contributed by atoms with E-state index >= 15 is 0 Å². The summed E-state index contributed by atoms with van der Waals surface area (Å²) in [4.78, 5) is 26.8. The monoisotopic (exact) mass is 632 g/mol. The lowest BCUT2D eigenvalue weighted by atomic mass is 9.70. The van der Waals surface area contributed by atoms with Gasteiger partial charge in [-0.3, -0.25) is 0 Å². The zero-order chi connectivity index (χ0) is 26.8. The molecule has 0 saturated carbocycles. The van der Waals surface area contributed by atoms with Gasteiger partial charge in [-0.05, 0) is 77.7 Å². The molecule has 0 fully saturated rings. The van der Waals surface area contributed by atoms with Gasteiger partial charge in [0, 0.05) is 14.9 Å². The van der Waals surface area contributed by atoms with Crippen LogP contribution in [0.25, 0.3) is 0 Å². The Bertz CT molecular complexity index is 1470. The number of fused-ring (bicyclic) bond motifs is 1. The summed E-state index contributed by atoms with van der Waals surface area (Å²) in [6.45, 7) is 4.06. The van der Waals surface area contributed by atoms with Crippen molar-refractivity contribution in [3.63, 3.8) is 0 Å². The SMILES string of the molecule is Cc1ccc(Br)cc1C1c2cc(Br)ccc2C(C)C(OC(=O)c2ccccc2)C1OC(=O)c1ccccc1. The highest BCUT2D eigenvalue weighted by Crippen LogP contribution is 2.47. The molecule has 4 unspecified atom stereocenters. The van der Waals surface area contributed by atoms with Crippen LogP contribution in [0.3, 0.4) is 0 Å². The van der Waals surface area contributed by atoms with E-state index in [0.717, 1.165) is 31.2 Å². The maximum atomic E-state index is 13.4. The highest BCUT2D eigenvalue weighted by molar-refractivity contribution is 9.10. The molecule has 1 aliphatic rings. The Hall–Kier alpha value is -3.22. The number of esters is 2. The lowest BCUT2D eigenvalue weighted by molar-refractivity contribution is -0.0532. The number of rotatable bonds is 5. The normalized spacial score (nSPS) is 20.3. The molecule has 0 spiro atoms. The first-order chi connectivity index (χ1) is 18.3. The molecule has 0 amide bonds. The number of hydrogen-bond acceptors (Lipinski definition) is 4. The van der Waals surface area contributed by atoms with Crippen molar-refractivity contribution >= 4 is 43.8 Å². The van der Waals surface area contributed by atoms with Gasteiger partial charge in [-0.15, -0.1) is 0 Å². The van der Waals surface area contributed by atoms with Crippen LogP contribution in [0.5, 0.6) is 0 Å². The first-order valence-corrected chi connectivity index (χ1v) is 14.0. The van der Waals surface area contributed by atoms with E-state index in [4.69, 9.17) is 9.47 Å². The molecule has 6 heteroatoms. The van der Waals surface area contributed by atoms with Crippen LogP contribution in [-0.2, 0) is 9.47 Å². The van der Waals surface area contributed by atoms with E-state index < -0.39 is 24.1 Å². The summed E-state index contributed by atoms with van der Waals surface area (Å²) in [5.74, 6) is -1.49. The molecule has 4 aromatic carbocycles. The number of benzene rings is 4. The molecule has 192 valence electrons. The van der Waals surface area contributed by atoms with Crippen LogP contribution in [0.15, 0.2) is 106 Å². The number of ether oxygens (including phenoxy) is 2. The van der Waals surface area contributed by atoms with Crippen LogP contribution in [0.2, 0.25) is 0 Å². The lowest BCUT2D eigenvalue weighted by Gasteiger charge is -2.42. The summed E-state index contributed by atoms with van der Waals surface area (Å²) >= 11 is 7.25. The number of hydrogen-bond donors (Lipinski definition) is 0. The molecule has 0 aliphatic heterocycles. The first kappa shape index (κ1) is 26.4. The minimum Gasteiger partial charge on any atom is -0.454 e. The van der Waals surface area contributed by atoms with Crippen molar-refractivity contribution in [2.24, 2.45) is 0 Å². The molecular weight excluding hydrogens is 608 g/mol. The molecule has 0 saturated heterocycles. The van der Waals surface area contributed by atoms with Crippen molar-refractivity contribution in [2.45, 2.75) is 37.9 Å². The highest BCUT2D eigenvalue weighted by atomic mass is 79.9. The van der Waals surface area contributed by atoms with Crippen LogP contribution >= 0.6 is 31.9 Å². The van der Waals surface area contributed by atoms with Crippen molar-refractivity contribution < 1.29 is 19.1 Å². The average molecular weight is 634 g/mol. The Kier molecular flexibility index (Phi) is 7.82. The Morgan fingerprint density at radius 1 is 0.632 bits per heavy atom. The van der Waals surface area contributed by atoms with E-state index in [0.29, 0.717) is 11.1 Å². The van der Waals surface area contributed by atoms with Gasteiger partial charge in [0.1, 0.15) is 6.10 Å². The van der Waals surface area contributed by atoms with Crippen LogP contribution in [-0.4, -0.2) is 24.1 Å². The van der Waals surface area contributed by atoms with Gasteiger partial charge >= 0.3 is 11.9 Å². The quantitative estimate of drug-likeness (QED) is 0.208. The molecule has 1 aliphatic carbocycles. The van der Waals surface area contributed by atoms with Crippen LogP contribution in [0, 0.1) is 6.92 Å². The average Bonchev–Trinajstić information content (AvgIpc) is 2.93. The summed E-state index contributed by atoms with van der Waals surface area (Å²) in [7, 11) is 0. The molecule has 0 aromatic heterocycles. The second kappa shape index (κ2) is 11.3. The predicted molar refractivity (Wildman–Crippen MR) is 155 cm³/mol. The van der Waals surface area contributed by atoms with Gasteiger partial charge in [0.25, 0.3) is 0 Å². The Labute approximate surface area is 239 Å². The van der Waals surface area contributed by atoms with E-state index in [1.165, 1.54) is 0 Å². The fourth-order valence-corrected chi connectivity index (χ4v) is 5.94. The van der Waals surface area contributed by atoms with Crippen molar-refractivity contribution in [1.82, 2.24) is 0 Å². The van der Waals surface area contributed by atoms with Crippen molar-refractivity contribution in [2.75, 3.05) is 0 Å². The first-order valence-electron chi connectivity index (χ1n) is 12.4. The molecule has 0 radical (unpaired) electrons. The maximum Gasteiger partial charge on any atom is 0.338 e. The van der Waals surface area contributed by atoms with Crippen molar-refractivity contribution in [3.8, 4) is 0 Å². The van der Waals surface area contributed by atoms with Gasteiger partial charge in [-0.2, -0.15) is 0 Å². The topological polar surface area (TPSA) is 52.6 Å². The Morgan fingerprint density at radius 3 is 1.71 bits per heavy atom.